The number of nitrogens with one attached hydrogen (secondary N) is 2. The quantitative estimate of drug-likeness (QED) is 0.252. The molecule has 39 heavy (non-hydrogen) atoms. The molecule has 200 valence electrons. The Morgan fingerprint density at radius 3 is 2.38 bits per heavy atom. The summed E-state index contributed by atoms with van der Waals surface area (Å²) < 4.78 is 0. The number of phenolic OH excluding ortho intramolecular Hbond substituents is 1. The van der Waals surface area contributed by atoms with Crippen LogP contribution in [0, 0.1) is 0 Å². The fourth-order valence-corrected chi connectivity index (χ4v) is 5.53. The maximum atomic E-state index is 14.3. The molecule has 0 unspecified atom stereocenters. The molecular formula is C32H33N3O4. The molecule has 1 fully saturated rings. The van der Waals surface area contributed by atoms with Gasteiger partial charge in [-0.15, -0.1) is 0 Å². The number of benzene rings is 3. The molecule has 3 aromatic carbocycles. The molecule has 1 aromatic heterocycles. The van der Waals surface area contributed by atoms with Gasteiger partial charge in [-0.05, 0) is 61.2 Å². The summed E-state index contributed by atoms with van der Waals surface area (Å²) >= 11 is 0. The first kappa shape index (κ1) is 26.2. The summed E-state index contributed by atoms with van der Waals surface area (Å²) in [5.41, 5.74) is 3.01. The van der Waals surface area contributed by atoms with Crippen LogP contribution in [0.5, 0.6) is 5.75 Å². The number of aromatic nitrogens is 1. The van der Waals surface area contributed by atoms with E-state index in [2.05, 4.69) is 10.3 Å². The number of carbonyl (C=O) groups excluding carboxylic acids is 3. The van der Waals surface area contributed by atoms with Gasteiger partial charge in [-0.25, -0.2) is 0 Å². The molecule has 1 heterocycles. The molecule has 4 aromatic rings. The van der Waals surface area contributed by atoms with Gasteiger partial charge in [0.1, 0.15) is 11.8 Å². The molecule has 0 saturated heterocycles. The zero-order chi connectivity index (χ0) is 27.4. The summed E-state index contributed by atoms with van der Waals surface area (Å²) in [6, 6.07) is 20.0. The molecule has 0 aliphatic heterocycles. The van der Waals surface area contributed by atoms with Crippen molar-refractivity contribution >= 4 is 34.2 Å². The van der Waals surface area contributed by atoms with E-state index in [0.717, 1.165) is 48.6 Å². The summed E-state index contributed by atoms with van der Waals surface area (Å²) in [5.74, 6) is -0.762. The van der Waals surface area contributed by atoms with E-state index in [0.29, 0.717) is 16.8 Å². The summed E-state index contributed by atoms with van der Waals surface area (Å²) in [6.07, 6.45) is 6.87. The number of phenols is 1. The number of hydrogen-bond donors (Lipinski definition) is 3. The Balaban J connectivity index is 1.61. The zero-order valence-electron chi connectivity index (χ0n) is 22.0. The first-order chi connectivity index (χ1) is 18.9. The standard InChI is InChI=1S/C32H33N3O4/c1-21(36)26-11-6-8-14-29(26)35(30(38)19-23-20-33-28-13-7-5-12-27(23)28)31(22-15-17-25(37)18-16-22)32(39)34-24-9-3-2-4-10-24/h5-8,11-18,20,24,31,33,37H,2-4,9-10,19H2,1H3,(H,34,39)/t31-/m1/s1. The van der Waals surface area contributed by atoms with Gasteiger partial charge in [-0.2, -0.15) is 0 Å². The van der Waals surface area contributed by atoms with Crippen LogP contribution < -0.4 is 10.2 Å². The molecule has 1 saturated carbocycles. The minimum atomic E-state index is -1.04. The molecule has 1 aliphatic carbocycles. The largest absolute Gasteiger partial charge is 0.508 e. The normalized spacial score (nSPS) is 14.6. The van der Waals surface area contributed by atoms with Crippen LogP contribution in [0.3, 0.4) is 0 Å². The second-order valence-corrected chi connectivity index (χ2v) is 10.2. The number of aromatic amines is 1. The zero-order valence-corrected chi connectivity index (χ0v) is 22.0. The van der Waals surface area contributed by atoms with E-state index in [9.17, 15) is 19.5 Å². The van der Waals surface area contributed by atoms with Crippen molar-refractivity contribution in [3.05, 3.63) is 95.7 Å². The molecule has 0 bridgehead atoms. The topological polar surface area (TPSA) is 103 Å². The van der Waals surface area contributed by atoms with E-state index in [4.69, 9.17) is 0 Å². The lowest BCUT2D eigenvalue weighted by molar-refractivity contribution is -0.127. The van der Waals surface area contributed by atoms with Crippen molar-refractivity contribution in [2.75, 3.05) is 4.90 Å². The fraction of sp³-hybridized carbons (Fsp3) is 0.281. The summed E-state index contributed by atoms with van der Waals surface area (Å²) in [5, 5.41) is 14.1. The van der Waals surface area contributed by atoms with E-state index < -0.39 is 6.04 Å². The maximum Gasteiger partial charge on any atom is 0.248 e. The Morgan fingerprint density at radius 1 is 0.949 bits per heavy atom. The molecule has 1 aliphatic rings. The number of fused-ring (bicyclic) bond motifs is 1. The van der Waals surface area contributed by atoms with Crippen LogP contribution in [0.15, 0.2) is 79.0 Å². The second-order valence-electron chi connectivity index (χ2n) is 10.2. The van der Waals surface area contributed by atoms with Crippen molar-refractivity contribution in [2.45, 2.75) is 57.5 Å². The van der Waals surface area contributed by atoms with Crippen LogP contribution in [-0.4, -0.2) is 33.7 Å². The van der Waals surface area contributed by atoms with E-state index >= 15 is 0 Å². The summed E-state index contributed by atoms with van der Waals surface area (Å²) in [7, 11) is 0. The van der Waals surface area contributed by atoms with Crippen molar-refractivity contribution in [2.24, 2.45) is 0 Å². The highest BCUT2D eigenvalue weighted by Gasteiger charge is 2.35. The highest BCUT2D eigenvalue weighted by Crippen LogP contribution is 2.33. The van der Waals surface area contributed by atoms with E-state index in [1.54, 1.807) is 36.4 Å². The number of Topliss-reactive ketones (excluding diaryl/α,β-unsaturated/α-hetero) is 1. The highest BCUT2D eigenvalue weighted by atomic mass is 16.3. The average molecular weight is 524 g/mol. The average Bonchev–Trinajstić information content (AvgIpc) is 3.35. The number of amides is 2. The van der Waals surface area contributed by atoms with Gasteiger partial charge in [0.25, 0.3) is 0 Å². The number of nitrogens with zero attached hydrogens (tertiary/aromatic N) is 1. The Kier molecular flexibility index (Phi) is 7.77. The summed E-state index contributed by atoms with van der Waals surface area (Å²) in [4.78, 5) is 45.7. The van der Waals surface area contributed by atoms with Gasteiger partial charge in [0.15, 0.2) is 5.78 Å². The smallest absolute Gasteiger partial charge is 0.248 e. The number of H-pyrrole nitrogens is 1. The third kappa shape index (κ3) is 5.72. The van der Waals surface area contributed by atoms with Gasteiger partial charge in [0, 0.05) is 28.7 Å². The highest BCUT2D eigenvalue weighted by molar-refractivity contribution is 6.09. The predicted octanol–water partition coefficient (Wildman–Crippen LogP) is 5.84. The van der Waals surface area contributed by atoms with Crippen molar-refractivity contribution in [3.8, 4) is 5.75 Å². The maximum absolute atomic E-state index is 14.3. The molecule has 1 atom stereocenters. The Morgan fingerprint density at radius 2 is 1.64 bits per heavy atom. The van der Waals surface area contributed by atoms with Crippen LogP contribution in [-0.2, 0) is 16.0 Å². The molecule has 0 radical (unpaired) electrons. The Hall–Kier alpha value is -4.39. The molecule has 0 spiro atoms. The first-order valence-corrected chi connectivity index (χ1v) is 13.5. The third-order valence-corrected chi connectivity index (χ3v) is 7.50. The van der Waals surface area contributed by atoms with Crippen molar-refractivity contribution in [3.63, 3.8) is 0 Å². The monoisotopic (exact) mass is 523 g/mol. The van der Waals surface area contributed by atoms with E-state index in [-0.39, 0.29) is 35.8 Å². The number of rotatable bonds is 8. The number of aromatic hydroxyl groups is 1. The third-order valence-electron chi connectivity index (χ3n) is 7.50. The van der Waals surface area contributed by atoms with E-state index in [1.165, 1.54) is 24.0 Å². The lowest BCUT2D eigenvalue weighted by Gasteiger charge is -2.34. The van der Waals surface area contributed by atoms with Gasteiger partial charge in [-0.1, -0.05) is 61.7 Å². The van der Waals surface area contributed by atoms with Gasteiger partial charge >= 0.3 is 0 Å². The van der Waals surface area contributed by atoms with Gasteiger partial charge in [0.2, 0.25) is 11.8 Å². The number of para-hydroxylation sites is 2. The molecule has 7 heteroatoms. The van der Waals surface area contributed by atoms with Gasteiger partial charge in [-0.3, -0.25) is 19.3 Å². The second kappa shape index (κ2) is 11.6. The number of anilines is 1. The lowest BCUT2D eigenvalue weighted by Crippen LogP contribution is -2.48. The Bertz CT molecular complexity index is 1480. The van der Waals surface area contributed by atoms with Crippen LogP contribution in [0.25, 0.3) is 10.9 Å². The molecule has 7 nitrogen and oxygen atoms in total. The van der Waals surface area contributed by atoms with Gasteiger partial charge in [0.05, 0.1) is 12.1 Å². The van der Waals surface area contributed by atoms with E-state index in [1.807, 2.05) is 30.5 Å². The first-order valence-electron chi connectivity index (χ1n) is 13.5. The SMILES string of the molecule is CC(=O)c1ccccc1N(C(=O)Cc1c[nH]c2ccccc12)[C@@H](C(=O)NC1CCCCC1)c1ccc(O)cc1. The number of carbonyl (C=O) groups is 3. The predicted molar refractivity (Wildman–Crippen MR) is 152 cm³/mol. The minimum absolute atomic E-state index is 0.0273. The van der Waals surface area contributed by atoms with Crippen molar-refractivity contribution < 1.29 is 19.5 Å². The van der Waals surface area contributed by atoms with Crippen LogP contribution >= 0.6 is 0 Å². The summed E-state index contributed by atoms with van der Waals surface area (Å²) in [6.45, 7) is 1.46. The van der Waals surface area contributed by atoms with Crippen LogP contribution in [0.4, 0.5) is 5.69 Å². The number of ketones is 1. The van der Waals surface area contributed by atoms with Crippen LogP contribution in [0.1, 0.15) is 66.6 Å². The lowest BCUT2D eigenvalue weighted by atomic mass is 9.94. The van der Waals surface area contributed by atoms with Crippen molar-refractivity contribution in [1.82, 2.24) is 10.3 Å². The van der Waals surface area contributed by atoms with Crippen LogP contribution in [0.2, 0.25) is 0 Å². The minimum Gasteiger partial charge on any atom is -0.508 e. The molecular weight excluding hydrogens is 490 g/mol. The van der Waals surface area contributed by atoms with Crippen molar-refractivity contribution in [1.29, 1.82) is 0 Å². The molecule has 2 amide bonds. The number of hydrogen-bond acceptors (Lipinski definition) is 4. The fourth-order valence-electron chi connectivity index (χ4n) is 5.53. The molecule has 3 N–H and O–H groups in total. The molecule has 5 rings (SSSR count). The Labute approximate surface area is 227 Å². The van der Waals surface area contributed by atoms with Gasteiger partial charge < -0.3 is 15.4 Å².